The zero-order valence-electron chi connectivity index (χ0n) is 27.4. The summed E-state index contributed by atoms with van der Waals surface area (Å²) in [6, 6.07) is 14.1. The molecule has 17 nitrogen and oxygen atoms in total. The topological polar surface area (TPSA) is 311 Å². The Balaban J connectivity index is 0.000000201. The highest BCUT2D eigenvalue weighted by molar-refractivity contribution is 7.29. The largest absolute Gasteiger partial charge is 0.478 e. The van der Waals surface area contributed by atoms with Gasteiger partial charge >= 0.3 is 47.8 Å². The summed E-state index contributed by atoms with van der Waals surface area (Å²) in [6.07, 6.45) is 2.30. The maximum Gasteiger partial charge on any atom is 0.346 e. The molecular formula is C34H23NO16S4. The van der Waals surface area contributed by atoms with E-state index >= 15 is 0 Å². The maximum absolute atomic E-state index is 11.1. The van der Waals surface area contributed by atoms with Gasteiger partial charge in [0.15, 0.2) is 0 Å². The highest BCUT2D eigenvalue weighted by Gasteiger charge is 2.20. The van der Waals surface area contributed by atoms with Crippen LogP contribution in [-0.2, 0) is 0 Å². The molecule has 0 aliphatic rings. The van der Waals surface area contributed by atoms with Crippen molar-refractivity contribution in [3.8, 4) is 11.1 Å². The van der Waals surface area contributed by atoms with E-state index in [1.165, 1.54) is 36.6 Å². The molecule has 0 unspecified atom stereocenters. The van der Waals surface area contributed by atoms with Crippen molar-refractivity contribution in [3.05, 3.63) is 119 Å². The van der Waals surface area contributed by atoms with E-state index in [0.29, 0.717) is 20.5 Å². The lowest BCUT2D eigenvalue weighted by atomic mass is 9.97. The van der Waals surface area contributed by atoms with Crippen LogP contribution in [0.3, 0.4) is 0 Å². The quantitative estimate of drug-likeness (QED) is 0.0720. The summed E-state index contributed by atoms with van der Waals surface area (Å²) >= 11 is 3.86. The molecule has 0 saturated heterocycles. The van der Waals surface area contributed by atoms with E-state index in [9.17, 15) is 38.4 Å². The SMILES string of the molecule is Cc1c(C(=O)O)csc1C(=O)O.O=C(O)c1cc2sc(C(=O)O)cc2s1.O=C(O)c1ccc(C(=O)O)s1.O=C(O)c1cncc(C(=O)O)c1-c1ccccc1. The molecule has 5 aromatic heterocycles. The molecule has 1 aromatic carbocycles. The number of carboxylic acid groups (broad SMARTS) is 8. The van der Waals surface area contributed by atoms with Crippen LogP contribution in [-0.4, -0.2) is 93.6 Å². The number of nitrogens with zero attached hydrogens (tertiary/aromatic N) is 1. The summed E-state index contributed by atoms with van der Waals surface area (Å²) in [5.74, 6) is -8.72. The zero-order valence-corrected chi connectivity index (χ0v) is 30.6. The van der Waals surface area contributed by atoms with Crippen molar-refractivity contribution >= 4 is 103 Å². The van der Waals surface area contributed by atoms with Gasteiger partial charge in [0.25, 0.3) is 0 Å². The molecular weight excluding hydrogens is 807 g/mol. The molecule has 0 radical (unpaired) electrons. The van der Waals surface area contributed by atoms with Crippen LogP contribution in [0.25, 0.3) is 20.5 Å². The number of fused-ring (bicyclic) bond motifs is 1. The molecule has 5 heterocycles. The van der Waals surface area contributed by atoms with Crippen LogP contribution in [0, 0.1) is 6.92 Å². The Morgan fingerprint density at radius 1 is 0.491 bits per heavy atom. The van der Waals surface area contributed by atoms with Gasteiger partial charge < -0.3 is 40.9 Å². The Bertz CT molecular complexity index is 2270. The molecule has 0 atom stereocenters. The fourth-order valence-corrected chi connectivity index (χ4v) is 7.81. The van der Waals surface area contributed by atoms with Crippen molar-refractivity contribution in [1.82, 2.24) is 4.98 Å². The van der Waals surface area contributed by atoms with Gasteiger partial charge in [-0.25, -0.2) is 38.4 Å². The van der Waals surface area contributed by atoms with Gasteiger partial charge in [-0.3, -0.25) is 4.98 Å². The number of carboxylic acids is 8. The minimum Gasteiger partial charge on any atom is -0.478 e. The Labute approximate surface area is 322 Å². The van der Waals surface area contributed by atoms with Gasteiger partial charge in [-0.15, -0.1) is 45.3 Å². The third-order valence-corrected chi connectivity index (χ3v) is 11.0. The molecule has 8 N–H and O–H groups in total. The molecule has 0 amide bonds. The van der Waals surface area contributed by atoms with Crippen LogP contribution < -0.4 is 0 Å². The number of carbonyl (C=O) groups is 8. The summed E-state index contributed by atoms with van der Waals surface area (Å²) in [7, 11) is 0. The molecule has 0 aliphatic carbocycles. The first-order valence-electron chi connectivity index (χ1n) is 14.4. The zero-order chi connectivity index (χ0) is 41.1. The van der Waals surface area contributed by atoms with Gasteiger partial charge in [-0.2, -0.15) is 0 Å². The normalized spacial score (nSPS) is 9.98. The number of hydrogen-bond donors (Lipinski definition) is 8. The van der Waals surface area contributed by atoms with Crippen molar-refractivity contribution in [2.75, 3.05) is 0 Å². The number of aromatic nitrogens is 1. The van der Waals surface area contributed by atoms with Crippen LogP contribution in [0.4, 0.5) is 0 Å². The van der Waals surface area contributed by atoms with Gasteiger partial charge in [0, 0.05) is 32.7 Å². The van der Waals surface area contributed by atoms with Gasteiger partial charge in [0.2, 0.25) is 0 Å². The van der Waals surface area contributed by atoms with E-state index in [0.717, 1.165) is 57.7 Å². The van der Waals surface area contributed by atoms with Crippen molar-refractivity contribution in [2.24, 2.45) is 0 Å². The lowest BCUT2D eigenvalue weighted by molar-refractivity contribution is 0.0678. The molecule has 0 spiro atoms. The first kappa shape index (κ1) is 42.6. The van der Waals surface area contributed by atoms with Crippen molar-refractivity contribution < 1.29 is 79.2 Å². The maximum atomic E-state index is 11.1. The minimum absolute atomic E-state index is 0.0439. The fraction of sp³-hybridized carbons (Fsp3) is 0.0294. The van der Waals surface area contributed by atoms with Gasteiger partial charge in [0.1, 0.15) is 24.4 Å². The Kier molecular flexibility index (Phi) is 14.6. The van der Waals surface area contributed by atoms with E-state index in [4.69, 9.17) is 40.9 Å². The number of hydrogen-bond acceptors (Lipinski definition) is 13. The van der Waals surface area contributed by atoms with Gasteiger partial charge in [-0.1, -0.05) is 30.3 Å². The van der Waals surface area contributed by atoms with Crippen molar-refractivity contribution in [1.29, 1.82) is 0 Å². The summed E-state index contributed by atoms with van der Waals surface area (Å²) in [5.41, 5.74) is 0.847. The monoisotopic (exact) mass is 829 g/mol. The highest BCUT2D eigenvalue weighted by atomic mass is 32.1. The second-order valence-corrected chi connectivity index (χ2v) is 14.3. The van der Waals surface area contributed by atoms with Crippen molar-refractivity contribution in [2.45, 2.75) is 6.92 Å². The van der Waals surface area contributed by atoms with Crippen LogP contribution in [0.2, 0.25) is 0 Å². The Morgan fingerprint density at radius 3 is 1.22 bits per heavy atom. The molecule has 6 aromatic rings. The summed E-state index contributed by atoms with van der Waals surface area (Å²) in [5, 5.41) is 70.8. The second kappa shape index (κ2) is 18.8. The van der Waals surface area contributed by atoms with Crippen LogP contribution in [0.1, 0.15) is 85.0 Å². The number of pyridine rings is 1. The fourth-order valence-electron chi connectivity index (χ4n) is 4.15. The third-order valence-electron chi connectivity index (χ3n) is 6.59. The van der Waals surface area contributed by atoms with E-state index < -0.39 is 47.8 Å². The first-order valence-corrected chi connectivity index (χ1v) is 17.8. The average molecular weight is 830 g/mol. The standard InChI is InChI=1S/C13H9NO4.C8H4O4S2.C7H6O4S.C6H4O4S/c15-12(16)9-6-14-7-10(13(17)18)11(9)8-4-2-1-3-5-8;9-7(10)5-1-3-4(14-5)2-6(13-3)8(11)12;1-3-4(6(8)9)2-12-5(3)7(10)11;7-5(8)3-1-2-4(11-3)6(9)10/h1-7H,(H,15,16)(H,17,18);1-2H,(H,9,10)(H,11,12);2H,1H3,(H,8,9)(H,10,11);1-2H,(H,7,8)(H,9,10). The molecule has 0 saturated carbocycles. The number of thiophene rings is 4. The summed E-state index contributed by atoms with van der Waals surface area (Å²) in [6.45, 7) is 1.49. The summed E-state index contributed by atoms with van der Waals surface area (Å²) in [4.78, 5) is 89.2. The highest BCUT2D eigenvalue weighted by Crippen LogP contribution is 2.33. The minimum atomic E-state index is -1.20. The number of aromatic carboxylic acids is 8. The smallest absolute Gasteiger partial charge is 0.346 e. The average Bonchev–Trinajstić information content (AvgIpc) is 3.93. The molecule has 284 valence electrons. The van der Waals surface area contributed by atoms with Crippen LogP contribution in [0.5, 0.6) is 0 Å². The van der Waals surface area contributed by atoms with E-state index in [-0.39, 0.29) is 46.6 Å². The predicted octanol–water partition coefficient (Wildman–Crippen LogP) is 7.10. The third kappa shape index (κ3) is 11.1. The molecule has 21 heteroatoms. The number of rotatable bonds is 9. The molecule has 0 fully saturated rings. The van der Waals surface area contributed by atoms with E-state index in [1.807, 2.05) is 0 Å². The lowest BCUT2D eigenvalue weighted by Gasteiger charge is -2.09. The van der Waals surface area contributed by atoms with Crippen LogP contribution in [0.15, 0.2) is 72.4 Å². The molecule has 0 aliphatic heterocycles. The first-order chi connectivity index (χ1) is 25.8. The lowest BCUT2D eigenvalue weighted by Crippen LogP contribution is -2.08. The Hall–Kier alpha value is -6.81. The molecule has 55 heavy (non-hydrogen) atoms. The van der Waals surface area contributed by atoms with Crippen molar-refractivity contribution in [3.63, 3.8) is 0 Å². The predicted molar refractivity (Wildman–Crippen MR) is 198 cm³/mol. The second-order valence-electron chi connectivity index (χ2n) is 10.1. The van der Waals surface area contributed by atoms with Gasteiger partial charge in [0.05, 0.1) is 16.7 Å². The Morgan fingerprint density at radius 2 is 0.909 bits per heavy atom. The molecule has 0 bridgehead atoms. The van der Waals surface area contributed by atoms with E-state index in [1.54, 1.807) is 30.3 Å². The van der Waals surface area contributed by atoms with Crippen LogP contribution >= 0.6 is 45.3 Å². The summed E-state index contributed by atoms with van der Waals surface area (Å²) < 4.78 is 1.43. The van der Waals surface area contributed by atoms with Gasteiger partial charge in [-0.05, 0) is 42.3 Å². The molecule has 6 rings (SSSR count). The van der Waals surface area contributed by atoms with E-state index in [2.05, 4.69) is 4.98 Å². The number of benzene rings is 1.